The summed E-state index contributed by atoms with van der Waals surface area (Å²) >= 11 is 3.24. The molecule has 0 radical (unpaired) electrons. The zero-order chi connectivity index (χ0) is 17.9. The van der Waals surface area contributed by atoms with Gasteiger partial charge in [0.2, 0.25) is 0 Å². The molecule has 2 aromatic rings. The normalized spacial score (nSPS) is 10.3. The third-order valence-corrected chi connectivity index (χ3v) is 4.45. The minimum Gasteiger partial charge on any atom is -0.330 e. The minimum absolute atomic E-state index is 0.605. The lowest BCUT2D eigenvalue weighted by Gasteiger charge is -2.07. The van der Waals surface area contributed by atoms with Crippen molar-refractivity contribution < 1.29 is 0 Å². The van der Waals surface area contributed by atoms with Crippen LogP contribution in [0.5, 0.6) is 0 Å². The number of rotatable bonds is 6. The minimum atomic E-state index is 0.605. The Morgan fingerprint density at radius 1 is 0.667 bits per heavy atom. The first-order chi connectivity index (χ1) is 11.5. The van der Waals surface area contributed by atoms with Gasteiger partial charge in [0.15, 0.2) is 0 Å². The molecule has 2 rings (SSSR count). The van der Waals surface area contributed by atoms with Crippen molar-refractivity contribution in [1.82, 2.24) is 0 Å². The maximum absolute atomic E-state index is 3.22. The van der Waals surface area contributed by atoms with Gasteiger partial charge in [0.25, 0.3) is 0 Å². The second-order valence-electron chi connectivity index (χ2n) is 6.17. The highest BCUT2D eigenvalue weighted by Gasteiger charge is 1.99. The van der Waals surface area contributed by atoms with Gasteiger partial charge in [0.05, 0.1) is 0 Å². The molecule has 2 N–H and O–H groups in total. The Balaban J connectivity index is 0.000000240. The van der Waals surface area contributed by atoms with Gasteiger partial charge in [0, 0.05) is 23.9 Å². The van der Waals surface area contributed by atoms with Gasteiger partial charge < -0.3 is 9.44 Å². The van der Waals surface area contributed by atoms with Crippen LogP contribution in [-0.4, -0.2) is 12.5 Å². The summed E-state index contributed by atoms with van der Waals surface area (Å²) in [6, 6.07) is 17.1. The highest BCUT2D eigenvalue weighted by molar-refractivity contribution is 8.00. The van der Waals surface area contributed by atoms with Gasteiger partial charge in [-0.05, 0) is 47.2 Å². The van der Waals surface area contributed by atoms with E-state index in [0.29, 0.717) is 11.8 Å². The molecule has 0 aliphatic heterocycles. The van der Waals surface area contributed by atoms with Crippen molar-refractivity contribution in [2.75, 3.05) is 22.0 Å². The Hall–Kier alpha value is -1.26. The summed E-state index contributed by atoms with van der Waals surface area (Å²) in [5.41, 5.74) is 5.14. The predicted molar refractivity (Wildman–Crippen MR) is 115 cm³/mol. The molecule has 24 heavy (non-hydrogen) atoms. The van der Waals surface area contributed by atoms with Gasteiger partial charge in [-0.3, -0.25) is 0 Å². The molecule has 0 aromatic heterocycles. The van der Waals surface area contributed by atoms with E-state index in [-0.39, 0.29) is 0 Å². The number of anilines is 2. The highest BCUT2D eigenvalue weighted by Crippen LogP contribution is 2.20. The van der Waals surface area contributed by atoms with Crippen molar-refractivity contribution in [3.05, 3.63) is 59.7 Å². The second kappa shape index (κ2) is 11.3. The van der Waals surface area contributed by atoms with E-state index in [9.17, 15) is 0 Å². The maximum Gasteiger partial charge on any atom is 0.0442 e. The second-order valence-corrected chi connectivity index (χ2v) is 7.39. The van der Waals surface area contributed by atoms with Gasteiger partial charge in [-0.2, -0.15) is 0 Å². The number of benzene rings is 2. The van der Waals surface area contributed by atoms with Gasteiger partial charge in [0.1, 0.15) is 0 Å². The van der Waals surface area contributed by atoms with Crippen LogP contribution in [0.4, 0.5) is 11.4 Å². The standard InChI is InChI=1S/2C10H15NS/c1-8(2)9-4-6-10(7-5-9)11-12-3;1-8(2)9-5-4-6-10(7-9)11-12-3/h2*4-8,11H,1-3H3. The Labute approximate surface area is 156 Å². The van der Waals surface area contributed by atoms with Crippen LogP contribution in [0.2, 0.25) is 0 Å². The van der Waals surface area contributed by atoms with Crippen LogP contribution in [0, 0.1) is 0 Å². The molecule has 0 aliphatic carbocycles. The molecule has 2 aromatic carbocycles. The molecule has 0 aliphatic rings. The van der Waals surface area contributed by atoms with Crippen LogP contribution in [0.25, 0.3) is 0 Å². The van der Waals surface area contributed by atoms with Crippen molar-refractivity contribution in [2.45, 2.75) is 39.5 Å². The third kappa shape index (κ3) is 7.54. The molecule has 0 amide bonds. The van der Waals surface area contributed by atoms with Gasteiger partial charge in [-0.1, -0.05) is 75.9 Å². The van der Waals surface area contributed by atoms with E-state index in [1.54, 1.807) is 23.9 Å². The maximum atomic E-state index is 3.22. The summed E-state index contributed by atoms with van der Waals surface area (Å²) in [5.74, 6) is 1.22. The Morgan fingerprint density at radius 2 is 1.21 bits per heavy atom. The number of hydrogen-bond acceptors (Lipinski definition) is 4. The average Bonchev–Trinajstić information content (AvgIpc) is 2.57. The van der Waals surface area contributed by atoms with E-state index in [4.69, 9.17) is 0 Å². The first-order valence-electron chi connectivity index (χ1n) is 8.25. The molecule has 0 atom stereocenters. The first-order valence-corrected chi connectivity index (χ1v) is 10.7. The molecule has 132 valence electrons. The number of nitrogens with one attached hydrogen (secondary N) is 2. The number of hydrogen-bond donors (Lipinski definition) is 2. The lowest BCUT2D eigenvalue weighted by Crippen LogP contribution is -1.89. The Morgan fingerprint density at radius 3 is 1.71 bits per heavy atom. The summed E-state index contributed by atoms with van der Waals surface area (Å²) in [6.45, 7) is 8.82. The Bertz CT molecular complexity index is 580. The Kier molecular flexibility index (Phi) is 9.80. The topological polar surface area (TPSA) is 24.1 Å². The summed E-state index contributed by atoms with van der Waals surface area (Å²) in [4.78, 5) is 0. The summed E-state index contributed by atoms with van der Waals surface area (Å²) in [7, 11) is 0. The highest BCUT2D eigenvalue weighted by atomic mass is 32.2. The van der Waals surface area contributed by atoms with E-state index in [1.807, 2.05) is 12.5 Å². The van der Waals surface area contributed by atoms with Crippen LogP contribution < -0.4 is 9.44 Å². The van der Waals surface area contributed by atoms with Crippen LogP contribution in [0.1, 0.15) is 50.7 Å². The summed E-state index contributed by atoms with van der Waals surface area (Å²) in [6.07, 6.45) is 4.05. The van der Waals surface area contributed by atoms with Crippen molar-refractivity contribution in [2.24, 2.45) is 0 Å². The fourth-order valence-corrected chi connectivity index (χ4v) is 2.87. The zero-order valence-corrected chi connectivity index (χ0v) is 17.2. The first kappa shape index (κ1) is 20.8. The van der Waals surface area contributed by atoms with E-state index < -0.39 is 0 Å². The third-order valence-electron chi connectivity index (χ3n) is 3.57. The largest absolute Gasteiger partial charge is 0.330 e. The summed E-state index contributed by atoms with van der Waals surface area (Å²) in [5, 5.41) is 0. The molecule has 0 unspecified atom stereocenters. The molecule has 0 bridgehead atoms. The van der Waals surface area contributed by atoms with E-state index >= 15 is 0 Å². The molecule has 0 fully saturated rings. The lowest BCUT2D eigenvalue weighted by molar-refractivity contribution is 0.867. The van der Waals surface area contributed by atoms with Crippen molar-refractivity contribution >= 4 is 35.3 Å². The van der Waals surface area contributed by atoms with Gasteiger partial charge in [-0.15, -0.1) is 0 Å². The molecule has 0 saturated carbocycles. The molecular weight excluding hydrogens is 332 g/mol. The quantitative estimate of drug-likeness (QED) is 0.540. The molecule has 0 spiro atoms. The molecule has 4 heteroatoms. The van der Waals surface area contributed by atoms with Crippen molar-refractivity contribution in [3.8, 4) is 0 Å². The average molecular weight is 363 g/mol. The van der Waals surface area contributed by atoms with Crippen LogP contribution in [-0.2, 0) is 0 Å². The van der Waals surface area contributed by atoms with E-state index in [1.165, 1.54) is 22.5 Å². The van der Waals surface area contributed by atoms with E-state index in [2.05, 4.69) is 85.7 Å². The van der Waals surface area contributed by atoms with Crippen LogP contribution in [0.3, 0.4) is 0 Å². The van der Waals surface area contributed by atoms with Gasteiger partial charge >= 0.3 is 0 Å². The smallest absolute Gasteiger partial charge is 0.0442 e. The lowest BCUT2D eigenvalue weighted by atomic mass is 10.0. The molecular formula is C20H30N2S2. The van der Waals surface area contributed by atoms with Crippen molar-refractivity contribution in [1.29, 1.82) is 0 Å². The molecule has 0 heterocycles. The van der Waals surface area contributed by atoms with Crippen molar-refractivity contribution in [3.63, 3.8) is 0 Å². The van der Waals surface area contributed by atoms with Gasteiger partial charge in [-0.25, -0.2) is 0 Å². The monoisotopic (exact) mass is 362 g/mol. The molecule has 2 nitrogen and oxygen atoms in total. The molecule has 0 saturated heterocycles. The van der Waals surface area contributed by atoms with E-state index in [0.717, 1.165) is 0 Å². The summed E-state index contributed by atoms with van der Waals surface area (Å²) < 4.78 is 6.41. The predicted octanol–water partition coefficient (Wildman–Crippen LogP) is 7.00. The van der Waals surface area contributed by atoms with Crippen LogP contribution in [0.15, 0.2) is 48.5 Å². The van der Waals surface area contributed by atoms with Crippen LogP contribution >= 0.6 is 23.9 Å². The fraction of sp³-hybridized carbons (Fsp3) is 0.400. The fourth-order valence-electron chi connectivity index (χ4n) is 2.13. The SMILES string of the molecule is CSNc1ccc(C(C)C)cc1.CSNc1cccc(C(C)C)c1. The zero-order valence-electron chi connectivity index (χ0n) is 15.6.